The molecule has 1 aromatic heterocycles. The van der Waals surface area contributed by atoms with Gasteiger partial charge in [-0.15, -0.1) is 0 Å². The second kappa shape index (κ2) is 9.01. The minimum atomic E-state index is -0.361. The summed E-state index contributed by atoms with van der Waals surface area (Å²) in [5.74, 6) is 2.20. The summed E-state index contributed by atoms with van der Waals surface area (Å²) in [6.45, 7) is 6.71. The van der Waals surface area contributed by atoms with E-state index in [4.69, 9.17) is 4.74 Å². The van der Waals surface area contributed by atoms with Crippen LogP contribution in [0.5, 0.6) is 11.5 Å². The Morgan fingerprint density at radius 1 is 0.969 bits per heavy atom. The quantitative estimate of drug-likeness (QED) is 0.672. The largest absolute Gasteiger partial charge is 0.457 e. The molecule has 0 saturated carbocycles. The van der Waals surface area contributed by atoms with Crippen molar-refractivity contribution in [3.8, 4) is 11.5 Å². The van der Waals surface area contributed by atoms with Crippen LogP contribution in [0.2, 0.25) is 0 Å². The number of para-hydroxylation sites is 2. The summed E-state index contributed by atoms with van der Waals surface area (Å²) in [6.07, 6.45) is 1.84. The lowest BCUT2D eigenvalue weighted by Crippen LogP contribution is -2.51. The molecule has 1 fully saturated rings. The second-order valence-corrected chi connectivity index (χ2v) is 8.50. The van der Waals surface area contributed by atoms with E-state index in [0.717, 1.165) is 61.2 Å². The Hall–Kier alpha value is -3.38. The molecular formula is C26H28N4O2. The predicted octanol–water partition coefficient (Wildman–Crippen LogP) is 3.65. The number of ether oxygens (including phenoxy) is 1. The summed E-state index contributed by atoms with van der Waals surface area (Å²) in [4.78, 5) is 22.6. The Morgan fingerprint density at radius 3 is 2.22 bits per heavy atom. The molecule has 1 atom stereocenters. The summed E-state index contributed by atoms with van der Waals surface area (Å²) in [7, 11) is 0. The number of carbonyl (C=O) groups is 1. The molecule has 0 bridgehead atoms. The minimum absolute atomic E-state index is 0.0211. The van der Waals surface area contributed by atoms with Gasteiger partial charge in [0.05, 0.1) is 5.92 Å². The van der Waals surface area contributed by atoms with Crippen molar-refractivity contribution in [2.75, 3.05) is 37.6 Å². The molecule has 2 aliphatic rings. The van der Waals surface area contributed by atoms with Crippen molar-refractivity contribution < 1.29 is 9.53 Å². The lowest BCUT2D eigenvalue weighted by molar-refractivity contribution is -0.122. The number of amides is 1. The van der Waals surface area contributed by atoms with Crippen LogP contribution in [-0.2, 0) is 4.79 Å². The molecule has 1 N–H and O–H groups in total. The summed E-state index contributed by atoms with van der Waals surface area (Å²) >= 11 is 0. The third-order valence-electron chi connectivity index (χ3n) is 6.21. The number of carbonyl (C=O) groups excluding carboxylic acids is 1. The van der Waals surface area contributed by atoms with Crippen molar-refractivity contribution in [1.82, 2.24) is 15.2 Å². The van der Waals surface area contributed by atoms with E-state index in [0.29, 0.717) is 0 Å². The van der Waals surface area contributed by atoms with Gasteiger partial charge in [0.25, 0.3) is 0 Å². The standard InChI is InChI=1S/C26H28N4O2/c1-19(18-29-14-16-30(17-15-29)24-12-6-7-13-27-24)28-26(31)25-20-8-2-4-10-22(20)32-23-11-5-3-9-21(23)25/h2-13,19,25H,14-18H2,1H3,(H,28,31). The van der Waals surface area contributed by atoms with E-state index < -0.39 is 0 Å². The molecule has 3 aromatic rings. The van der Waals surface area contributed by atoms with E-state index in [-0.39, 0.29) is 17.9 Å². The highest BCUT2D eigenvalue weighted by Gasteiger charge is 2.33. The molecule has 1 amide bonds. The van der Waals surface area contributed by atoms with E-state index in [2.05, 4.69) is 33.1 Å². The number of piperazine rings is 1. The Morgan fingerprint density at radius 2 is 1.59 bits per heavy atom. The van der Waals surface area contributed by atoms with Gasteiger partial charge in [-0.3, -0.25) is 9.69 Å². The zero-order valence-electron chi connectivity index (χ0n) is 18.3. The van der Waals surface area contributed by atoms with Gasteiger partial charge >= 0.3 is 0 Å². The predicted molar refractivity (Wildman–Crippen MR) is 125 cm³/mol. The molecule has 5 rings (SSSR count). The van der Waals surface area contributed by atoms with Crippen molar-refractivity contribution in [2.45, 2.75) is 18.9 Å². The lowest BCUT2D eigenvalue weighted by Gasteiger charge is -2.37. The third kappa shape index (κ3) is 4.18. The van der Waals surface area contributed by atoms with Crippen LogP contribution in [0.15, 0.2) is 72.9 Å². The van der Waals surface area contributed by atoms with Crippen LogP contribution in [0.25, 0.3) is 0 Å². The fraction of sp³-hybridized carbons (Fsp3) is 0.308. The highest BCUT2D eigenvalue weighted by molar-refractivity contribution is 5.89. The molecule has 2 aromatic carbocycles. The van der Waals surface area contributed by atoms with Crippen molar-refractivity contribution in [3.63, 3.8) is 0 Å². The van der Waals surface area contributed by atoms with Crippen LogP contribution in [0.4, 0.5) is 5.82 Å². The number of nitrogens with one attached hydrogen (secondary N) is 1. The fourth-order valence-corrected chi connectivity index (χ4v) is 4.65. The molecule has 164 valence electrons. The topological polar surface area (TPSA) is 57.7 Å². The van der Waals surface area contributed by atoms with Gasteiger partial charge in [-0.1, -0.05) is 42.5 Å². The molecule has 1 unspecified atom stereocenters. The highest BCUT2D eigenvalue weighted by atomic mass is 16.5. The first-order valence-corrected chi connectivity index (χ1v) is 11.2. The van der Waals surface area contributed by atoms with E-state index in [1.165, 1.54) is 0 Å². The average Bonchev–Trinajstić information content (AvgIpc) is 2.83. The molecule has 6 heteroatoms. The lowest BCUT2D eigenvalue weighted by atomic mass is 9.87. The number of benzene rings is 2. The zero-order chi connectivity index (χ0) is 21.9. The zero-order valence-corrected chi connectivity index (χ0v) is 18.3. The van der Waals surface area contributed by atoms with E-state index in [1.54, 1.807) is 0 Å². The maximum absolute atomic E-state index is 13.4. The summed E-state index contributed by atoms with van der Waals surface area (Å²) < 4.78 is 6.03. The maximum Gasteiger partial charge on any atom is 0.232 e. The van der Waals surface area contributed by atoms with Crippen LogP contribution in [-0.4, -0.2) is 54.6 Å². The molecule has 6 nitrogen and oxygen atoms in total. The van der Waals surface area contributed by atoms with E-state index in [1.807, 2.05) is 66.9 Å². The normalized spacial score (nSPS) is 17.1. The number of fused-ring (bicyclic) bond motifs is 2. The average molecular weight is 429 g/mol. The first-order chi connectivity index (χ1) is 15.7. The van der Waals surface area contributed by atoms with Crippen molar-refractivity contribution >= 4 is 11.7 Å². The van der Waals surface area contributed by atoms with Gasteiger partial charge in [-0.2, -0.15) is 0 Å². The Balaban J connectivity index is 1.22. The molecule has 0 radical (unpaired) electrons. The molecule has 0 spiro atoms. The molecule has 3 heterocycles. The van der Waals surface area contributed by atoms with Gasteiger partial charge < -0.3 is 15.0 Å². The van der Waals surface area contributed by atoms with Gasteiger partial charge in [0.1, 0.15) is 17.3 Å². The number of rotatable bonds is 5. The van der Waals surface area contributed by atoms with Crippen molar-refractivity contribution in [1.29, 1.82) is 0 Å². The van der Waals surface area contributed by atoms with Crippen LogP contribution in [0.1, 0.15) is 24.0 Å². The van der Waals surface area contributed by atoms with Gasteiger partial charge in [0.2, 0.25) is 5.91 Å². The number of aromatic nitrogens is 1. The first kappa shape index (κ1) is 20.5. The monoisotopic (exact) mass is 428 g/mol. The smallest absolute Gasteiger partial charge is 0.232 e. The van der Waals surface area contributed by atoms with Gasteiger partial charge in [0, 0.05) is 56.1 Å². The van der Waals surface area contributed by atoms with Crippen LogP contribution in [0.3, 0.4) is 0 Å². The number of hydrogen-bond acceptors (Lipinski definition) is 5. The number of pyridine rings is 1. The molecule has 32 heavy (non-hydrogen) atoms. The Kier molecular flexibility index (Phi) is 5.77. The minimum Gasteiger partial charge on any atom is -0.457 e. The van der Waals surface area contributed by atoms with Gasteiger partial charge in [-0.25, -0.2) is 4.98 Å². The summed E-state index contributed by atoms with van der Waals surface area (Å²) in [5.41, 5.74) is 1.83. The Bertz CT molecular complexity index is 1030. The van der Waals surface area contributed by atoms with Gasteiger partial charge in [-0.05, 0) is 31.2 Å². The number of nitrogens with zero attached hydrogens (tertiary/aromatic N) is 3. The molecule has 0 aliphatic carbocycles. The SMILES string of the molecule is CC(CN1CCN(c2ccccn2)CC1)NC(=O)C1c2ccccc2Oc2ccccc21. The van der Waals surface area contributed by atoms with E-state index >= 15 is 0 Å². The maximum atomic E-state index is 13.4. The number of hydrogen-bond donors (Lipinski definition) is 1. The molecule has 2 aliphatic heterocycles. The summed E-state index contributed by atoms with van der Waals surface area (Å²) in [5, 5.41) is 3.26. The second-order valence-electron chi connectivity index (χ2n) is 8.50. The van der Waals surface area contributed by atoms with Crippen LogP contribution < -0.4 is 15.0 Å². The Labute approximate surface area is 188 Å². The van der Waals surface area contributed by atoms with Gasteiger partial charge in [0.15, 0.2) is 0 Å². The van der Waals surface area contributed by atoms with E-state index in [9.17, 15) is 4.79 Å². The molecular weight excluding hydrogens is 400 g/mol. The van der Waals surface area contributed by atoms with Crippen LogP contribution >= 0.6 is 0 Å². The number of anilines is 1. The molecule has 1 saturated heterocycles. The third-order valence-corrected chi connectivity index (χ3v) is 6.21. The van der Waals surface area contributed by atoms with Crippen molar-refractivity contribution in [2.24, 2.45) is 0 Å². The first-order valence-electron chi connectivity index (χ1n) is 11.2. The van der Waals surface area contributed by atoms with Crippen molar-refractivity contribution in [3.05, 3.63) is 84.1 Å². The summed E-state index contributed by atoms with van der Waals surface area (Å²) in [6, 6.07) is 21.7. The fourth-order valence-electron chi connectivity index (χ4n) is 4.65. The van der Waals surface area contributed by atoms with Crippen LogP contribution in [0, 0.1) is 0 Å². The highest BCUT2D eigenvalue weighted by Crippen LogP contribution is 2.43.